The van der Waals surface area contributed by atoms with Gasteiger partial charge in [-0.1, -0.05) is 54.4 Å². The number of nitrogens with one attached hydrogen (secondary N) is 1. The van der Waals surface area contributed by atoms with Gasteiger partial charge in [-0.25, -0.2) is 8.42 Å². The number of halogens is 1. The van der Waals surface area contributed by atoms with Gasteiger partial charge in [0.25, 0.3) is 15.7 Å². The molecule has 0 fully saturated rings. The number of nitro groups is 1. The van der Waals surface area contributed by atoms with Crippen molar-refractivity contribution in [3.63, 3.8) is 0 Å². The molecule has 1 N–H and O–H groups in total. The summed E-state index contributed by atoms with van der Waals surface area (Å²) in [6.07, 6.45) is 0.257. The van der Waals surface area contributed by atoms with Crippen LogP contribution in [-0.4, -0.2) is 55.8 Å². The summed E-state index contributed by atoms with van der Waals surface area (Å²) in [5.41, 5.74) is 1.52. The Balaban J connectivity index is 2.20. The molecule has 13 heteroatoms. The van der Waals surface area contributed by atoms with E-state index in [9.17, 15) is 28.1 Å². The van der Waals surface area contributed by atoms with E-state index in [4.69, 9.17) is 16.3 Å². The fourth-order valence-corrected chi connectivity index (χ4v) is 6.36. The molecular weight excluding hydrogens is 608 g/mol. The van der Waals surface area contributed by atoms with Crippen molar-refractivity contribution in [1.82, 2.24) is 10.2 Å². The lowest BCUT2D eigenvalue weighted by Gasteiger charge is -2.34. The largest absolute Gasteiger partial charge is 0.495 e. The summed E-state index contributed by atoms with van der Waals surface area (Å²) in [4.78, 5) is 39.5. The van der Waals surface area contributed by atoms with Gasteiger partial charge in [0.2, 0.25) is 11.8 Å². The predicted molar refractivity (Wildman–Crippen MR) is 169 cm³/mol. The molecule has 0 aromatic heterocycles. The van der Waals surface area contributed by atoms with E-state index in [2.05, 4.69) is 5.32 Å². The first-order chi connectivity index (χ1) is 20.7. The minimum absolute atomic E-state index is 0.0289. The maximum Gasteiger partial charge on any atom is 0.273 e. The SMILES string of the molecule is CC[C@H](C(=O)NC(C)C)N(Cc1cccc(C)c1)C(=O)CN(c1cc(Cl)ccc1OC)S(=O)(=O)c1ccc(C)c([N+](=O)[O-])c1. The van der Waals surface area contributed by atoms with Crippen LogP contribution in [0, 0.1) is 24.0 Å². The standard InChI is InChI=1S/C31H37ClN4O7S/c1-7-26(31(38)33-20(2)3)34(18-23-10-8-9-21(4)15-23)30(37)19-35(28-16-24(32)12-14-29(28)43-6)44(41,42)25-13-11-22(5)27(17-25)36(39)40/h8-17,20,26H,7,18-19H2,1-6H3,(H,33,38)/t26-/m1/s1. The van der Waals surface area contributed by atoms with Crippen LogP contribution in [0.25, 0.3) is 0 Å². The molecule has 0 unspecified atom stereocenters. The molecule has 3 rings (SSSR count). The van der Waals surface area contributed by atoms with E-state index in [0.29, 0.717) is 0 Å². The van der Waals surface area contributed by atoms with Crippen LogP contribution in [0.2, 0.25) is 5.02 Å². The Morgan fingerprint density at radius 1 is 1.07 bits per heavy atom. The molecule has 0 spiro atoms. The molecule has 0 heterocycles. The summed E-state index contributed by atoms with van der Waals surface area (Å²) in [7, 11) is -3.28. The first kappa shape index (κ1) is 34.3. The molecule has 11 nitrogen and oxygen atoms in total. The average Bonchev–Trinajstić information content (AvgIpc) is 2.95. The van der Waals surface area contributed by atoms with Gasteiger partial charge in [0.05, 0.1) is 22.6 Å². The van der Waals surface area contributed by atoms with Crippen LogP contribution < -0.4 is 14.4 Å². The van der Waals surface area contributed by atoms with E-state index >= 15 is 0 Å². The van der Waals surface area contributed by atoms with Gasteiger partial charge in [-0.2, -0.15) is 0 Å². The van der Waals surface area contributed by atoms with Crippen molar-refractivity contribution in [3.05, 3.63) is 92.5 Å². The van der Waals surface area contributed by atoms with Crippen molar-refractivity contribution in [1.29, 1.82) is 0 Å². The van der Waals surface area contributed by atoms with E-state index in [-0.39, 0.29) is 46.9 Å². The highest BCUT2D eigenvalue weighted by Gasteiger charge is 2.35. The van der Waals surface area contributed by atoms with Gasteiger partial charge in [-0.05, 0) is 63.9 Å². The van der Waals surface area contributed by atoms with Crippen molar-refractivity contribution in [2.45, 2.75) is 64.6 Å². The second-order valence-corrected chi connectivity index (χ2v) is 12.9. The maximum atomic E-state index is 14.3. The zero-order valence-corrected chi connectivity index (χ0v) is 27.1. The molecular formula is C31H37ClN4O7S. The zero-order valence-electron chi connectivity index (χ0n) is 25.5. The molecule has 0 saturated heterocycles. The van der Waals surface area contributed by atoms with Gasteiger partial charge < -0.3 is 15.0 Å². The lowest BCUT2D eigenvalue weighted by atomic mass is 10.1. The lowest BCUT2D eigenvalue weighted by molar-refractivity contribution is -0.385. The molecule has 0 aliphatic rings. The van der Waals surface area contributed by atoms with Gasteiger partial charge in [-0.3, -0.25) is 24.0 Å². The normalized spacial score (nSPS) is 12.0. The van der Waals surface area contributed by atoms with E-state index in [1.54, 1.807) is 20.8 Å². The minimum Gasteiger partial charge on any atom is -0.495 e. The summed E-state index contributed by atoms with van der Waals surface area (Å²) in [6, 6.07) is 14.1. The van der Waals surface area contributed by atoms with Crippen LogP contribution in [-0.2, 0) is 26.2 Å². The van der Waals surface area contributed by atoms with Gasteiger partial charge in [0, 0.05) is 29.2 Å². The van der Waals surface area contributed by atoms with Crippen molar-refractivity contribution < 1.29 is 27.7 Å². The summed E-state index contributed by atoms with van der Waals surface area (Å²) >= 11 is 6.27. The molecule has 3 aromatic carbocycles. The molecule has 1 atom stereocenters. The van der Waals surface area contributed by atoms with E-state index in [1.165, 1.54) is 49.3 Å². The van der Waals surface area contributed by atoms with Crippen LogP contribution in [0.15, 0.2) is 65.6 Å². The molecule has 0 aliphatic heterocycles. The monoisotopic (exact) mass is 644 g/mol. The molecule has 44 heavy (non-hydrogen) atoms. The van der Waals surface area contributed by atoms with Gasteiger partial charge in [0.1, 0.15) is 18.3 Å². The number of aryl methyl sites for hydroxylation is 2. The molecule has 236 valence electrons. The summed E-state index contributed by atoms with van der Waals surface area (Å²) < 4.78 is 34.7. The Hall–Kier alpha value is -4.16. The smallest absolute Gasteiger partial charge is 0.273 e. The number of carbonyl (C=O) groups excluding carboxylic acids is 2. The Bertz CT molecular complexity index is 1650. The Morgan fingerprint density at radius 3 is 2.36 bits per heavy atom. The van der Waals surface area contributed by atoms with Crippen molar-refractivity contribution >= 4 is 44.8 Å². The number of ether oxygens (including phenoxy) is 1. The number of benzene rings is 3. The fraction of sp³-hybridized carbons (Fsp3) is 0.355. The van der Waals surface area contributed by atoms with Crippen molar-refractivity contribution in [2.24, 2.45) is 0 Å². The number of anilines is 1. The van der Waals surface area contributed by atoms with Crippen LogP contribution in [0.1, 0.15) is 43.9 Å². The Labute approximate surface area is 263 Å². The summed E-state index contributed by atoms with van der Waals surface area (Å²) in [5, 5.41) is 14.7. The average molecular weight is 645 g/mol. The third-order valence-corrected chi connectivity index (χ3v) is 8.90. The summed E-state index contributed by atoms with van der Waals surface area (Å²) in [5.74, 6) is -0.959. The Kier molecular flexibility index (Phi) is 11.3. The maximum absolute atomic E-state index is 14.3. The third kappa shape index (κ3) is 8.06. The molecule has 0 aliphatic carbocycles. The van der Waals surface area contributed by atoms with Gasteiger partial charge in [-0.15, -0.1) is 0 Å². The third-order valence-electron chi connectivity index (χ3n) is 6.91. The molecule has 0 saturated carbocycles. The van der Waals surface area contributed by atoms with Crippen LogP contribution in [0.3, 0.4) is 0 Å². The highest BCUT2D eigenvalue weighted by Crippen LogP contribution is 2.36. The van der Waals surface area contributed by atoms with Crippen molar-refractivity contribution in [2.75, 3.05) is 18.0 Å². The van der Waals surface area contributed by atoms with Crippen molar-refractivity contribution in [3.8, 4) is 5.75 Å². The number of carbonyl (C=O) groups is 2. The topological polar surface area (TPSA) is 139 Å². The van der Waals surface area contributed by atoms with Gasteiger partial charge >= 0.3 is 0 Å². The number of nitro benzene ring substituents is 1. The number of amides is 2. The molecule has 2 amide bonds. The molecule has 0 radical (unpaired) electrons. The zero-order chi connectivity index (χ0) is 32.8. The van der Waals surface area contributed by atoms with Gasteiger partial charge in [0.15, 0.2) is 0 Å². The number of sulfonamides is 1. The highest BCUT2D eigenvalue weighted by molar-refractivity contribution is 7.92. The number of methoxy groups -OCH3 is 1. The van der Waals surface area contributed by atoms with E-state index in [1.807, 2.05) is 31.2 Å². The van der Waals surface area contributed by atoms with E-state index < -0.39 is 44.0 Å². The van der Waals surface area contributed by atoms with E-state index in [0.717, 1.165) is 21.5 Å². The number of nitrogens with zero attached hydrogens (tertiary/aromatic N) is 3. The quantitative estimate of drug-likeness (QED) is 0.194. The molecule has 0 bridgehead atoms. The Morgan fingerprint density at radius 2 is 1.77 bits per heavy atom. The minimum atomic E-state index is -4.61. The second-order valence-electron chi connectivity index (χ2n) is 10.6. The highest BCUT2D eigenvalue weighted by atomic mass is 35.5. The first-order valence-electron chi connectivity index (χ1n) is 14.0. The molecule has 3 aromatic rings. The van der Waals surface area contributed by atoms with Crippen LogP contribution in [0.4, 0.5) is 11.4 Å². The number of hydrogen-bond donors (Lipinski definition) is 1. The first-order valence-corrected chi connectivity index (χ1v) is 15.8. The second kappa shape index (κ2) is 14.5. The predicted octanol–water partition coefficient (Wildman–Crippen LogP) is 5.40. The van der Waals surface area contributed by atoms with Crippen LogP contribution in [0.5, 0.6) is 5.75 Å². The summed E-state index contributed by atoms with van der Waals surface area (Å²) in [6.45, 7) is 8.04. The number of rotatable bonds is 13. The van der Waals surface area contributed by atoms with Crippen LogP contribution >= 0.6 is 11.6 Å². The lowest BCUT2D eigenvalue weighted by Crippen LogP contribution is -2.53. The number of hydrogen-bond acceptors (Lipinski definition) is 7. The fourth-order valence-electron chi connectivity index (χ4n) is 4.75.